The van der Waals surface area contributed by atoms with Crippen LogP contribution in [0, 0.1) is 40.9 Å². The largest absolute Gasteiger partial charge is 0.0625 e. The van der Waals surface area contributed by atoms with Crippen LogP contribution in [-0.4, -0.2) is 0 Å². The van der Waals surface area contributed by atoms with Gasteiger partial charge in [-0.3, -0.25) is 0 Å². The van der Waals surface area contributed by atoms with Crippen LogP contribution in [-0.2, 0) is 44.9 Å². The third-order valence-corrected chi connectivity index (χ3v) is 16.0. The first-order chi connectivity index (χ1) is 29.6. The van der Waals surface area contributed by atoms with E-state index in [1.165, 1.54) is 86.5 Å². The average molecular weight is 851 g/mol. The van der Waals surface area contributed by atoms with Crippen LogP contribution in [0.25, 0.3) is 0 Å². The van der Waals surface area contributed by atoms with Crippen molar-refractivity contribution >= 4 is 0 Å². The van der Waals surface area contributed by atoms with Crippen molar-refractivity contribution in [3.8, 4) is 0 Å². The summed E-state index contributed by atoms with van der Waals surface area (Å²) in [4.78, 5) is 0. The molecule has 4 aliphatic carbocycles. The fourth-order valence-electron chi connectivity index (χ4n) is 10.8. The Morgan fingerprint density at radius 3 is 1.25 bits per heavy atom. The summed E-state index contributed by atoms with van der Waals surface area (Å²) >= 11 is 0. The van der Waals surface area contributed by atoms with Crippen LogP contribution < -0.4 is 0 Å². The van der Waals surface area contributed by atoms with Gasteiger partial charge in [0.1, 0.15) is 0 Å². The molecule has 0 saturated carbocycles. The first-order valence-corrected chi connectivity index (χ1v) is 26.1. The lowest BCUT2D eigenvalue weighted by atomic mass is 9.70. The number of aryl methyl sites for hydroxylation is 3. The Morgan fingerprint density at radius 1 is 0.365 bits per heavy atom. The van der Waals surface area contributed by atoms with Gasteiger partial charge in [-0.05, 0) is 201 Å². The van der Waals surface area contributed by atoms with Crippen molar-refractivity contribution in [2.24, 2.45) is 40.9 Å². The van der Waals surface area contributed by atoms with E-state index in [0.717, 1.165) is 41.4 Å². The van der Waals surface area contributed by atoms with E-state index in [2.05, 4.69) is 190 Å². The minimum absolute atomic E-state index is 0.453. The third kappa shape index (κ3) is 13.7. The number of benzene rings is 4. The van der Waals surface area contributed by atoms with E-state index in [1.54, 1.807) is 44.5 Å². The molecule has 0 fully saturated rings. The van der Waals surface area contributed by atoms with Crippen molar-refractivity contribution in [2.75, 3.05) is 0 Å². The molecular formula is C63H94. The summed E-state index contributed by atoms with van der Waals surface area (Å²) in [6, 6.07) is 28.5. The Hall–Kier alpha value is -3.12. The summed E-state index contributed by atoms with van der Waals surface area (Å²) in [7, 11) is 0. The van der Waals surface area contributed by atoms with Crippen LogP contribution in [0.2, 0.25) is 0 Å². The number of hydrogen-bond acceptors (Lipinski definition) is 0. The van der Waals surface area contributed by atoms with Gasteiger partial charge in [0, 0.05) is 0 Å². The summed E-state index contributed by atoms with van der Waals surface area (Å²) in [5.74, 6) is 8.50. The van der Waals surface area contributed by atoms with Crippen LogP contribution in [0.5, 0.6) is 0 Å². The van der Waals surface area contributed by atoms with E-state index in [0.29, 0.717) is 29.1 Å². The molecule has 63 heavy (non-hydrogen) atoms. The fraction of sp³-hybridized carbons (Fsp3) is 0.619. The first kappa shape index (κ1) is 50.9. The van der Waals surface area contributed by atoms with E-state index in [4.69, 9.17) is 0 Å². The molecule has 8 rings (SSSR count). The van der Waals surface area contributed by atoms with Gasteiger partial charge in [-0.2, -0.15) is 0 Å². The van der Waals surface area contributed by atoms with Gasteiger partial charge >= 0.3 is 0 Å². The van der Waals surface area contributed by atoms with Gasteiger partial charge in [0.05, 0.1) is 0 Å². The van der Waals surface area contributed by atoms with Crippen LogP contribution in [0.4, 0.5) is 0 Å². The standard InChI is InChI=1S/C17H26.C16H24.2C15H22/c1-12(2)13-6-7-15-11-16(17(3,4)5)9-8-14(15)10-13;1-11(2)14-7-5-13-6-8-15(12(3)4)10-16(13)9-14;1-10(2)12-5-8-15-13(9-12)6-7-14(15)11(3)4;1-10(2)12-5-6-13-8-14(11(3)4)9-15(13)7-12/h6-7,10,12,16H,8-9,11H2,1-5H3;5,7,9,11-12,15H,6,8,10H2,1-4H3;5,8-11,14H,6-7H2,1-4H3;5-7,10-11,14H,8-9H2,1-4H3. The molecule has 0 heteroatoms. The second kappa shape index (κ2) is 22.4. The zero-order valence-electron chi connectivity index (χ0n) is 43.9. The van der Waals surface area contributed by atoms with E-state index < -0.39 is 0 Å². The summed E-state index contributed by atoms with van der Waals surface area (Å²) in [5.41, 5.74) is 19.3. The maximum atomic E-state index is 2.45. The number of fused-ring (bicyclic) bond motifs is 4. The third-order valence-electron chi connectivity index (χ3n) is 16.0. The van der Waals surface area contributed by atoms with Gasteiger partial charge in [0.2, 0.25) is 0 Å². The van der Waals surface area contributed by atoms with Crippen molar-refractivity contribution in [3.63, 3.8) is 0 Å². The monoisotopic (exact) mass is 851 g/mol. The molecule has 4 aliphatic rings. The second-order valence-corrected chi connectivity index (χ2v) is 24.0. The van der Waals surface area contributed by atoms with Gasteiger partial charge in [0.25, 0.3) is 0 Å². The summed E-state index contributed by atoms with van der Waals surface area (Å²) in [5, 5.41) is 0. The predicted octanol–water partition coefficient (Wildman–Crippen LogP) is 18.2. The minimum Gasteiger partial charge on any atom is -0.0625 e. The molecule has 4 aromatic carbocycles. The zero-order valence-corrected chi connectivity index (χ0v) is 43.9. The highest BCUT2D eigenvalue weighted by Crippen LogP contribution is 2.40. The molecule has 346 valence electrons. The zero-order chi connectivity index (χ0) is 46.3. The predicted molar refractivity (Wildman–Crippen MR) is 279 cm³/mol. The van der Waals surface area contributed by atoms with Crippen molar-refractivity contribution < 1.29 is 0 Å². The second-order valence-electron chi connectivity index (χ2n) is 24.0. The Morgan fingerprint density at radius 2 is 0.762 bits per heavy atom. The van der Waals surface area contributed by atoms with Crippen molar-refractivity contribution in [2.45, 2.75) is 212 Å². The van der Waals surface area contributed by atoms with Crippen LogP contribution in [0.15, 0.2) is 72.8 Å². The molecule has 0 saturated heterocycles. The van der Waals surface area contributed by atoms with E-state index in [9.17, 15) is 0 Å². The van der Waals surface area contributed by atoms with Crippen LogP contribution in [0.1, 0.15) is 233 Å². The Bertz CT molecular complexity index is 2040. The SMILES string of the molecule is CC(C)c1ccc2c(c1)CC(C(C)C)C2.CC(C)c1ccc2c(c1)CC(C(C)C)CC2.CC(C)c1ccc2c(c1)CCC(C(C)(C)C)C2.CC(C)c1ccc2c(c1)CCC2C(C)C. The molecule has 0 aromatic heterocycles. The number of rotatable bonds is 7. The van der Waals surface area contributed by atoms with Crippen molar-refractivity contribution in [1.82, 2.24) is 0 Å². The maximum Gasteiger partial charge on any atom is -0.0133 e. The molecule has 0 bridgehead atoms. The van der Waals surface area contributed by atoms with Gasteiger partial charge < -0.3 is 0 Å². The van der Waals surface area contributed by atoms with E-state index >= 15 is 0 Å². The summed E-state index contributed by atoms with van der Waals surface area (Å²) < 4.78 is 0. The quantitative estimate of drug-likeness (QED) is 0.174. The van der Waals surface area contributed by atoms with E-state index in [1.807, 2.05) is 0 Å². The summed E-state index contributed by atoms with van der Waals surface area (Å²) in [6.45, 7) is 39.5. The highest BCUT2D eigenvalue weighted by Gasteiger charge is 2.29. The minimum atomic E-state index is 0.453. The highest BCUT2D eigenvalue weighted by atomic mass is 14.3. The molecule has 0 radical (unpaired) electrons. The average Bonchev–Trinajstić information content (AvgIpc) is 3.88. The van der Waals surface area contributed by atoms with Crippen molar-refractivity contribution in [1.29, 1.82) is 0 Å². The summed E-state index contributed by atoms with van der Waals surface area (Å²) in [6.07, 6.45) is 13.1. The molecule has 4 unspecified atom stereocenters. The van der Waals surface area contributed by atoms with Gasteiger partial charge in [0.15, 0.2) is 0 Å². The lowest BCUT2D eigenvalue weighted by Gasteiger charge is -2.35. The lowest BCUT2D eigenvalue weighted by molar-refractivity contribution is 0.216. The molecule has 0 heterocycles. The van der Waals surface area contributed by atoms with Gasteiger partial charge in [-0.25, -0.2) is 0 Å². The Balaban J connectivity index is 0.000000159. The van der Waals surface area contributed by atoms with Crippen LogP contribution in [0.3, 0.4) is 0 Å². The first-order valence-electron chi connectivity index (χ1n) is 26.1. The molecule has 0 amide bonds. The molecule has 0 N–H and O–H groups in total. The molecule has 0 spiro atoms. The normalized spacial score (nSPS) is 20.2. The topological polar surface area (TPSA) is 0 Å². The smallest absolute Gasteiger partial charge is 0.0133 e. The maximum absolute atomic E-state index is 2.45. The van der Waals surface area contributed by atoms with Gasteiger partial charge in [-0.15, -0.1) is 0 Å². The molecule has 4 aromatic rings. The Labute approximate surface area is 390 Å². The van der Waals surface area contributed by atoms with Crippen molar-refractivity contribution in [3.05, 3.63) is 140 Å². The van der Waals surface area contributed by atoms with Gasteiger partial charge in [-0.1, -0.05) is 190 Å². The van der Waals surface area contributed by atoms with Crippen LogP contribution >= 0.6 is 0 Å². The Kier molecular flexibility index (Phi) is 18.1. The highest BCUT2D eigenvalue weighted by molar-refractivity contribution is 5.41. The molecule has 0 aliphatic heterocycles. The lowest BCUT2D eigenvalue weighted by Crippen LogP contribution is -2.26. The molecular weight excluding hydrogens is 757 g/mol. The van der Waals surface area contributed by atoms with E-state index in [-0.39, 0.29) is 0 Å². The molecule has 0 nitrogen and oxygen atoms in total. The fourth-order valence-corrected chi connectivity index (χ4v) is 10.8. The molecule has 4 atom stereocenters. The number of hydrogen-bond donors (Lipinski definition) is 0.